The van der Waals surface area contributed by atoms with Crippen molar-refractivity contribution in [2.24, 2.45) is 5.73 Å². The highest BCUT2D eigenvalue weighted by Gasteiger charge is 2.12. The number of halogens is 1. The average Bonchev–Trinajstić information content (AvgIpc) is 2.41. The van der Waals surface area contributed by atoms with E-state index in [1.165, 1.54) is 24.4 Å². The van der Waals surface area contributed by atoms with Gasteiger partial charge in [-0.3, -0.25) is 15.1 Å². The van der Waals surface area contributed by atoms with E-state index in [-0.39, 0.29) is 22.5 Å². The number of nitrogens with two attached hydrogens (primary N) is 1. The molecule has 0 radical (unpaired) electrons. The van der Waals surface area contributed by atoms with Crippen LogP contribution in [0.25, 0.3) is 0 Å². The fourth-order valence-corrected chi connectivity index (χ4v) is 1.69. The van der Waals surface area contributed by atoms with Crippen molar-refractivity contribution in [3.05, 3.63) is 57.4 Å². The SMILES string of the molecule is C[C@@H](N)c1ccc(Oc2cc([N+](=O)[O-])ccc2Cl)cn1. The summed E-state index contributed by atoms with van der Waals surface area (Å²) in [5.41, 5.74) is 6.33. The number of nitro benzene ring substituents is 1. The molecule has 0 aliphatic carbocycles. The molecule has 6 nitrogen and oxygen atoms in total. The van der Waals surface area contributed by atoms with Crippen molar-refractivity contribution in [2.45, 2.75) is 13.0 Å². The number of aromatic nitrogens is 1. The molecule has 104 valence electrons. The van der Waals surface area contributed by atoms with Crippen molar-refractivity contribution in [3.63, 3.8) is 0 Å². The van der Waals surface area contributed by atoms with Gasteiger partial charge in [-0.25, -0.2) is 0 Å². The first kappa shape index (κ1) is 14.2. The Kier molecular flexibility index (Phi) is 4.16. The highest BCUT2D eigenvalue weighted by molar-refractivity contribution is 6.32. The molecule has 7 heteroatoms. The molecule has 0 saturated carbocycles. The van der Waals surface area contributed by atoms with Crippen molar-refractivity contribution in [1.29, 1.82) is 0 Å². The molecule has 0 aliphatic heterocycles. The number of hydrogen-bond donors (Lipinski definition) is 1. The predicted molar refractivity (Wildman–Crippen MR) is 75.0 cm³/mol. The first-order chi connectivity index (χ1) is 9.47. The van der Waals surface area contributed by atoms with E-state index >= 15 is 0 Å². The Morgan fingerprint density at radius 3 is 2.70 bits per heavy atom. The second-order valence-corrected chi connectivity index (χ2v) is 4.59. The zero-order chi connectivity index (χ0) is 14.7. The van der Waals surface area contributed by atoms with E-state index in [0.717, 1.165) is 5.69 Å². The Bertz CT molecular complexity index is 629. The number of hydrogen-bond acceptors (Lipinski definition) is 5. The maximum absolute atomic E-state index is 10.7. The summed E-state index contributed by atoms with van der Waals surface area (Å²) in [6.45, 7) is 1.82. The van der Waals surface area contributed by atoms with Gasteiger partial charge < -0.3 is 10.5 Å². The standard InChI is InChI=1S/C13H12ClN3O3/c1-8(15)12-5-3-10(7-16-12)20-13-6-9(17(18)19)2-4-11(13)14/h2-8H,15H2,1H3/t8-/m1/s1. The third-order valence-electron chi connectivity index (χ3n) is 2.58. The Labute approximate surface area is 120 Å². The first-order valence-corrected chi connectivity index (χ1v) is 6.18. The molecule has 1 atom stereocenters. The van der Waals surface area contributed by atoms with Crippen LogP contribution in [0.5, 0.6) is 11.5 Å². The van der Waals surface area contributed by atoms with Gasteiger partial charge in [-0.15, -0.1) is 0 Å². The second kappa shape index (κ2) is 5.85. The highest BCUT2D eigenvalue weighted by Crippen LogP contribution is 2.32. The summed E-state index contributed by atoms with van der Waals surface area (Å²) in [7, 11) is 0. The van der Waals surface area contributed by atoms with Crippen molar-refractivity contribution in [2.75, 3.05) is 0 Å². The van der Waals surface area contributed by atoms with Crippen LogP contribution in [-0.4, -0.2) is 9.91 Å². The Hall–Kier alpha value is -2.18. The minimum absolute atomic E-state index is 0.0930. The molecule has 1 aromatic heterocycles. The van der Waals surface area contributed by atoms with Crippen LogP contribution < -0.4 is 10.5 Å². The van der Waals surface area contributed by atoms with E-state index in [0.29, 0.717) is 5.75 Å². The third-order valence-corrected chi connectivity index (χ3v) is 2.89. The summed E-state index contributed by atoms with van der Waals surface area (Å²) >= 11 is 5.94. The summed E-state index contributed by atoms with van der Waals surface area (Å²) in [6, 6.07) is 7.23. The lowest BCUT2D eigenvalue weighted by atomic mass is 10.2. The minimum Gasteiger partial charge on any atom is -0.454 e. The molecule has 0 bridgehead atoms. The van der Waals surface area contributed by atoms with Crippen LogP contribution in [0.4, 0.5) is 5.69 Å². The number of benzene rings is 1. The van der Waals surface area contributed by atoms with Gasteiger partial charge in [-0.2, -0.15) is 0 Å². The molecular formula is C13H12ClN3O3. The van der Waals surface area contributed by atoms with Crippen LogP contribution in [-0.2, 0) is 0 Å². The van der Waals surface area contributed by atoms with Gasteiger partial charge in [0, 0.05) is 12.1 Å². The number of nitrogens with zero attached hydrogens (tertiary/aromatic N) is 2. The molecule has 0 spiro atoms. The fraction of sp³-hybridized carbons (Fsp3) is 0.154. The van der Waals surface area contributed by atoms with Crippen LogP contribution >= 0.6 is 11.6 Å². The lowest BCUT2D eigenvalue weighted by molar-refractivity contribution is -0.384. The van der Waals surface area contributed by atoms with Gasteiger partial charge in [0.25, 0.3) is 5.69 Å². The van der Waals surface area contributed by atoms with Crippen molar-refractivity contribution < 1.29 is 9.66 Å². The van der Waals surface area contributed by atoms with E-state index in [9.17, 15) is 10.1 Å². The third kappa shape index (κ3) is 3.23. The minimum atomic E-state index is -0.513. The van der Waals surface area contributed by atoms with Crippen molar-refractivity contribution >= 4 is 17.3 Å². The van der Waals surface area contributed by atoms with Gasteiger partial charge in [0.05, 0.1) is 27.9 Å². The molecule has 20 heavy (non-hydrogen) atoms. The number of non-ortho nitro benzene ring substituents is 1. The summed E-state index contributed by atoms with van der Waals surface area (Å²) in [4.78, 5) is 14.3. The summed E-state index contributed by atoms with van der Waals surface area (Å²) in [5, 5.41) is 11.0. The zero-order valence-electron chi connectivity index (χ0n) is 10.6. The molecule has 2 N–H and O–H groups in total. The van der Waals surface area contributed by atoms with Gasteiger partial charge >= 0.3 is 0 Å². The Morgan fingerprint density at radius 2 is 2.15 bits per heavy atom. The van der Waals surface area contributed by atoms with E-state index in [2.05, 4.69) is 4.98 Å². The highest BCUT2D eigenvalue weighted by atomic mass is 35.5. The van der Waals surface area contributed by atoms with Gasteiger partial charge in [-0.05, 0) is 25.1 Å². The number of pyridine rings is 1. The molecule has 2 rings (SSSR count). The topological polar surface area (TPSA) is 91.3 Å². The lowest BCUT2D eigenvalue weighted by Crippen LogP contribution is -2.06. The summed E-state index contributed by atoms with van der Waals surface area (Å²) in [5.74, 6) is 0.632. The normalized spacial score (nSPS) is 11.9. The van der Waals surface area contributed by atoms with Gasteiger partial charge in [0.2, 0.25) is 0 Å². The predicted octanol–water partition coefficient (Wildman–Crippen LogP) is 3.46. The van der Waals surface area contributed by atoms with Crippen LogP contribution in [0.1, 0.15) is 18.7 Å². The Balaban J connectivity index is 2.25. The quantitative estimate of drug-likeness (QED) is 0.688. The summed E-state index contributed by atoms with van der Waals surface area (Å²) < 4.78 is 5.49. The van der Waals surface area contributed by atoms with E-state index in [1.54, 1.807) is 12.1 Å². The smallest absolute Gasteiger partial charge is 0.273 e. The number of ether oxygens (including phenoxy) is 1. The van der Waals surface area contributed by atoms with E-state index in [1.807, 2.05) is 6.92 Å². The second-order valence-electron chi connectivity index (χ2n) is 4.18. The van der Waals surface area contributed by atoms with Crippen LogP contribution in [0.15, 0.2) is 36.5 Å². The molecule has 0 aliphatic rings. The van der Waals surface area contributed by atoms with Crippen molar-refractivity contribution in [3.8, 4) is 11.5 Å². The summed E-state index contributed by atoms with van der Waals surface area (Å²) in [6.07, 6.45) is 1.49. The van der Waals surface area contributed by atoms with Gasteiger partial charge in [0.15, 0.2) is 5.75 Å². The number of nitro groups is 1. The largest absolute Gasteiger partial charge is 0.454 e. The monoisotopic (exact) mass is 293 g/mol. The maximum atomic E-state index is 10.7. The van der Waals surface area contributed by atoms with E-state index in [4.69, 9.17) is 22.1 Å². The molecule has 0 amide bonds. The average molecular weight is 294 g/mol. The van der Waals surface area contributed by atoms with Crippen LogP contribution in [0.2, 0.25) is 5.02 Å². The lowest BCUT2D eigenvalue weighted by Gasteiger charge is -2.09. The van der Waals surface area contributed by atoms with E-state index < -0.39 is 4.92 Å². The van der Waals surface area contributed by atoms with Crippen molar-refractivity contribution in [1.82, 2.24) is 4.98 Å². The number of rotatable bonds is 4. The maximum Gasteiger partial charge on any atom is 0.273 e. The molecule has 1 aromatic carbocycles. The first-order valence-electron chi connectivity index (χ1n) is 5.80. The molecule has 1 heterocycles. The molecule has 0 fully saturated rings. The fourth-order valence-electron chi connectivity index (χ4n) is 1.53. The van der Waals surface area contributed by atoms with Gasteiger partial charge in [-0.1, -0.05) is 11.6 Å². The van der Waals surface area contributed by atoms with Crippen LogP contribution in [0, 0.1) is 10.1 Å². The molecule has 2 aromatic rings. The zero-order valence-corrected chi connectivity index (χ0v) is 11.4. The molecular weight excluding hydrogens is 282 g/mol. The van der Waals surface area contributed by atoms with Gasteiger partial charge in [0.1, 0.15) is 5.75 Å². The molecule has 0 saturated heterocycles. The Morgan fingerprint density at radius 1 is 1.40 bits per heavy atom. The molecule has 0 unspecified atom stereocenters. The van der Waals surface area contributed by atoms with Crippen LogP contribution in [0.3, 0.4) is 0 Å².